The highest BCUT2D eigenvalue weighted by molar-refractivity contribution is 5.75. The highest BCUT2D eigenvalue weighted by Crippen LogP contribution is 2.13. The van der Waals surface area contributed by atoms with Crippen molar-refractivity contribution in [1.82, 2.24) is 19.9 Å². The number of amides is 1. The Morgan fingerprint density at radius 3 is 2.65 bits per heavy atom. The minimum atomic E-state index is -0.306. The van der Waals surface area contributed by atoms with Gasteiger partial charge in [0, 0.05) is 13.1 Å². The molecule has 6 nitrogen and oxygen atoms in total. The maximum atomic E-state index is 12.8. The van der Waals surface area contributed by atoms with Crippen LogP contribution in [0.4, 0.5) is 4.39 Å². The fraction of sp³-hybridized carbons (Fsp3) is 0.438. The van der Waals surface area contributed by atoms with Crippen LogP contribution in [0.1, 0.15) is 25.0 Å². The molecule has 2 heterocycles. The second kappa shape index (κ2) is 7.21. The van der Waals surface area contributed by atoms with Gasteiger partial charge in [-0.1, -0.05) is 5.21 Å². The van der Waals surface area contributed by atoms with Crippen LogP contribution in [0.3, 0.4) is 0 Å². The molecule has 0 bridgehead atoms. The Labute approximate surface area is 133 Å². The zero-order valence-corrected chi connectivity index (χ0v) is 12.8. The lowest BCUT2D eigenvalue weighted by Crippen LogP contribution is -2.37. The number of hydrogen-bond acceptors (Lipinski definition) is 4. The third kappa shape index (κ3) is 4.28. The topological polar surface area (TPSA) is 60.3 Å². The number of aromatic nitrogens is 3. The monoisotopic (exact) mass is 318 g/mol. The molecule has 1 saturated heterocycles. The molecule has 0 N–H and O–H groups in total. The number of carbonyl (C=O) groups excluding carboxylic acids is 1. The predicted molar refractivity (Wildman–Crippen MR) is 81.2 cm³/mol. The van der Waals surface area contributed by atoms with Crippen molar-refractivity contribution in [3.05, 3.63) is 42.0 Å². The molecule has 1 aromatic heterocycles. The first-order valence-electron chi connectivity index (χ1n) is 7.76. The third-order valence-corrected chi connectivity index (χ3v) is 3.79. The summed E-state index contributed by atoms with van der Waals surface area (Å²) in [5, 5.41) is 7.95. The van der Waals surface area contributed by atoms with Crippen molar-refractivity contribution in [3.63, 3.8) is 0 Å². The van der Waals surface area contributed by atoms with E-state index in [2.05, 4.69) is 10.3 Å². The summed E-state index contributed by atoms with van der Waals surface area (Å²) in [6, 6.07) is 5.78. The molecule has 0 saturated carbocycles. The van der Waals surface area contributed by atoms with Crippen LogP contribution in [0.2, 0.25) is 0 Å². The summed E-state index contributed by atoms with van der Waals surface area (Å²) in [6.45, 7) is 2.08. The van der Waals surface area contributed by atoms with Gasteiger partial charge in [0.2, 0.25) is 5.91 Å². The van der Waals surface area contributed by atoms with Crippen molar-refractivity contribution in [2.24, 2.45) is 0 Å². The molecule has 0 spiro atoms. The Bertz CT molecular complexity index is 650. The minimum Gasteiger partial charge on any atom is -0.487 e. The second-order valence-corrected chi connectivity index (χ2v) is 5.59. The van der Waals surface area contributed by atoms with Crippen molar-refractivity contribution in [2.45, 2.75) is 32.4 Å². The molecule has 3 rings (SSSR count). The molecule has 1 fully saturated rings. The Morgan fingerprint density at radius 1 is 1.17 bits per heavy atom. The second-order valence-electron chi connectivity index (χ2n) is 5.59. The predicted octanol–water partition coefficient (Wildman–Crippen LogP) is 2.01. The fourth-order valence-electron chi connectivity index (χ4n) is 2.55. The summed E-state index contributed by atoms with van der Waals surface area (Å²) in [4.78, 5) is 14.0. The van der Waals surface area contributed by atoms with Gasteiger partial charge < -0.3 is 9.64 Å². The molecule has 2 aromatic rings. The van der Waals surface area contributed by atoms with E-state index in [1.807, 2.05) is 4.90 Å². The van der Waals surface area contributed by atoms with E-state index in [9.17, 15) is 9.18 Å². The van der Waals surface area contributed by atoms with Gasteiger partial charge in [0.25, 0.3) is 0 Å². The largest absolute Gasteiger partial charge is 0.487 e. The van der Waals surface area contributed by atoms with Gasteiger partial charge in [-0.3, -0.25) is 4.79 Å². The van der Waals surface area contributed by atoms with Gasteiger partial charge in [0.05, 0.1) is 6.20 Å². The number of likely N-dealkylation sites (tertiary alicyclic amines) is 1. The van der Waals surface area contributed by atoms with Crippen molar-refractivity contribution in [1.29, 1.82) is 0 Å². The van der Waals surface area contributed by atoms with Gasteiger partial charge in [-0.25, -0.2) is 9.07 Å². The third-order valence-electron chi connectivity index (χ3n) is 3.79. The van der Waals surface area contributed by atoms with Gasteiger partial charge in [-0.05, 0) is 43.5 Å². The van der Waals surface area contributed by atoms with Gasteiger partial charge >= 0.3 is 0 Å². The van der Waals surface area contributed by atoms with Crippen molar-refractivity contribution in [3.8, 4) is 5.75 Å². The van der Waals surface area contributed by atoms with E-state index in [0.717, 1.165) is 25.9 Å². The highest BCUT2D eigenvalue weighted by atomic mass is 19.1. The first-order valence-corrected chi connectivity index (χ1v) is 7.76. The fourth-order valence-corrected chi connectivity index (χ4v) is 2.55. The zero-order valence-electron chi connectivity index (χ0n) is 12.8. The van der Waals surface area contributed by atoms with E-state index < -0.39 is 0 Å². The van der Waals surface area contributed by atoms with E-state index in [4.69, 9.17) is 4.74 Å². The SMILES string of the molecule is O=C(Cn1cc(COc2ccc(F)cc2)nn1)N1CCCCC1. The van der Waals surface area contributed by atoms with E-state index in [-0.39, 0.29) is 24.9 Å². The first-order chi connectivity index (χ1) is 11.2. The van der Waals surface area contributed by atoms with Crippen LogP contribution in [0, 0.1) is 5.82 Å². The van der Waals surface area contributed by atoms with Crippen LogP contribution in [-0.2, 0) is 17.9 Å². The number of piperidine rings is 1. The van der Waals surface area contributed by atoms with Crippen LogP contribution in [0.5, 0.6) is 5.75 Å². The van der Waals surface area contributed by atoms with Crippen LogP contribution in [0.15, 0.2) is 30.5 Å². The summed E-state index contributed by atoms with van der Waals surface area (Å²) < 4.78 is 19.8. The van der Waals surface area contributed by atoms with Crippen LogP contribution < -0.4 is 4.74 Å². The average Bonchev–Trinajstić information content (AvgIpc) is 3.02. The normalized spacial score (nSPS) is 14.7. The summed E-state index contributed by atoms with van der Waals surface area (Å²) >= 11 is 0. The van der Waals surface area contributed by atoms with Crippen molar-refractivity contribution >= 4 is 5.91 Å². The first kappa shape index (κ1) is 15.5. The molecule has 23 heavy (non-hydrogen) atoms. The number of halogens is 1. The molecule has 1 aliphatic heterocycles. The Balaban J connectivity index is 1.51. The Hall–Kier alpha value is -2.44. The number of carbonyl (C=O) groups is 1. The average molecular weight is 318 g/mol. The molecule has 122 valence electrons. The molecule has 1 aliphatic rings. The summed E-state index contributed by atoms with van der Waals surface area (Å²) in [7, 11) is 0. The molecular formula is C16H19FN4O2. The lowest BCUT2D eigenvalue weighted by Gasteiger charge is -2.26. The van der Waals surface area contributed by atoms with E-state index in [1.165, 1.54) is 23.2 Å². The number of rotatable bonds is 5. The highest BCUT2D eigenvalue weighted by Gasteiger charge is 2.17. The van der Waals surface area contributed by atoms with Crippen molar-refractivity contribution in [2.75, 3.05) is 13.1 Å². The summed E-state index contributed by atoms with van der Waals surface area (Å²) in [5.74, 6) is 0.325. The molecular weight excluding hydrogens is 299 g/mol. The number of ether oxygens (including phenoxy) is 1. The van der Waals surface area contributed by atoms with Crippen LogP contribution >= 0.6 is 0 Å². The smallest absolute Gasteiger partial charge is 0.244 e. The maximum Gasteiger partial charge on any atom is 0.244 e. The van der Waals surface area contributed by atoms with Gasteiger partial charge in [0.15, 0.2) is 0 Å². The molecule has 0 atom stereocenters. The van der Waals surface area contributed by atoms with Crippen molar-refractivity contribution < 1.29 is 13.9 Å². The maximum absolute atomic E-state index is 12.8. The molecule has 1 aromatic carbocycles. The quantitative estimate of drug-likeness (QED) is 0.846. The standard InChI is InChI=1S/C16H19FN4O2/c17-13-4-6-15(7-5-13)23-12-14-10-21(19-18-14)11-16(22)20-8-2-1-3-9-20/h4-7,10H,1-3,8-9,11-12H2. The molecule has 0 aliphatic carbocycles. The van der Waals surface area contributed by atoms with Crippen LogP contribution in [-0.4, -0.2) is 38.9 Å². The number of nitrogens with zero attached hydrogens (tertiary/aromatic N) is 4. The minimum absolute atomic E-state index is 0.0700. The number of hydrogen-bond donors (Lipinski definition) is 0. The molecule has 1 amide bonds. The lowest BCUT2D eigenvalue weighted by atomic mass is 10.1. The number of benzene rings is 1. The molecule has 7 heteroatoms. The van der Waals surface area contributed by atoms with Gasteiger partial charge in [0.1, 0.15) is 30.4 Å². The van der Waals surface area contributed by atoms with Gasteiger partial charge in [-0.2, -0.15) is 0 Å². The van der Waals surface area contributed by atoms with E-state index in [1.54, 1.807) is 18.3 Å². The lowest BCUT2D eigenvalue weighted by molar-refractivity contribution is -0.132. The van der Waals surface area contributed by atoms with E-state index in [0.29, 0.717) is 11.4 Å². The zero-order chi connectivity index (χ0) is 16.1. The van der Waals surface area contributed by atoms with Crippen LogP contribution in [0.25, 0.3) is 0 Å². The molecule has 0 unspecified atom stereocenters. The van der Waals surface area contributed by atoms with Gasteiger partial charge in [-0.15, -0.1) is 5.10 Å². The summed E-state index contributed by atoms with van der Waals surface area (Å²) in [6.07, 6.45) is 5.03. The Kier molecular flexibility index (Phi) is 4.85. The summed E-state index contributed by atoms with van der Waals surface area (Å²) in [5.41, 5.74) is 0.626. The van der Waals surface area contributed by atoms with E-state index >= 15 is 0 Å². The molecule has 0 radical (unpaired) electrons. The Morgan fingerprint density at radius 2 is 1.91 bits per heavy atom.